The fourth-order valence-corrected chi connectivity index (χ4v) is 5.39. The zero-order valence-corrected chi connectivity index (χ0v) is 20.9. The second-order valence-corrected chi connectivity index (χ2v) is 9.99. The van der Waals surface area contributed by atoms with E-state index in [-0.39, 0.29) is 22.6 Å². The van der Waals surface area contributed by atoms with Crippen molar-refractivity contribution in [3.63, 3.8) is 0 Å². The number of anilines is 3. The molecule has 1 amide bonds. The Morgan fingerprint density at radius 2 is 1.94 bits per heavy atom. The van der Waals surface area contributed by atoms with Gasteiger partial charge in [-0.15, -0.1) is 0 Å². The molecule has 0 unspecified atom stereocenters. The number of carbonyl (C=O) groups is 1. The standard InChI is InChI=1S/C27H31F2N5O2/c1-4-5-17-19(28)6-7-20(25(17)29)32-26-18-12-22(23(36-3)13-21(18)30-16-31-26)34-15-27(14-24(34)35)8-10-33(2)11-9-27/h6-7,12-13,16H,4-5,8-11,14-15H2,1-3H3,(H,30,31,32). The van der Waals surface area contributed by atoms with Crippen LogP contribution < -0.4 is 15.0 Å². The maximum Gasteiger partial charge on any atom is 0.227 e. The molecule has 0 radical (unpaired) electrons. The van der Waals surface area contributed by atoms with Crippen molar-refractivity contribution in [2.24, 2.45) is 5.41 Å². The van der Waals surface area contributed by atoms with Gasteiger partial charge in [0.05, 0.1) is 24.0 Å². The predicted molar refractivity (Wildman–Crippen MR) is 136 cm³/mol. The molecule has 1 N–H and O–H groups in total. The monoisotopic (exact) mass is 495 g/mol. The summed E-state index contributed by atoms with van der Waals surface area (Å²) in [5.41, 5.74) is 1.39. The highest BCUT2D eigenvalue weighted by Crippen LogP contribution is 2.45. The van der Waals surface area contributed by atoms with E-state index in [4.69, 9.17) is 4.74 Å². The van der Waals surface area contributed by atoms with Gasteiger partial charge in [0.15, 0.2) is 5.82 Å². The van der Waals surface area contributed by atoms with E-state index in [1.165, 1.54) is 18.5 Å². The van der Waals surface area contributed by atoms with E-state index in [9.17, 15) is 9.18 Å². The van der Waals surface area contributed by atoms with Gasteiger partial charge in [-0.3, -0.25) is 4.79 Å². The maximum absolute atomic E-state index is 15.1. The lowest BCUT2D eigenvalue weighted by Crippen LogP contribution is -2.39. The molecule has 5 rings (SSSR count). The number of piperidine rings is 1. The van der Waals surface area contributed by atoms with Crippen LogP contribution >= 0.6 is 0 Å². The first-order chi connectivity index (χ1) is 17.3. The highest BCUT2D eigenvalue weighted by atomic mass is 19.1. The molecule has 3 heterocycles. The van der Waals surface area contributed by atoms with Gasteiger partial charge in [0.2, 0.25) is 5.91 Å². The van der Waals surface area contributed by atoms with Crippen LogP contribution in [0.5, 0.6) is 5.75 Å². The van der Waals surface area contributed by atoms with Crippen LogP contribution in [-0.4, -0.2) is 54.6 Å². The molecule has 1 spiro atoms. The number of nitrogens with one attached hydrogen (secondary N) is 1. The second-order valence-electron chi connectivity index (χ2n) is 9.99. The molecule has 0 atom stereocenters. The molecule has 0 saturated carbocycles. The maximum atomic E-state index is 15.1. The SMILES string of the molecule is CCCc1c(F)ccc(Nc2ncnc3cc(OC)c(N4CC5(CCN(C)CC5)CC4=O)cc23)c1F. The lowest BCUT2D eigenvalue weighted by atomic mass is 9.78. The lowest BCUT2D eigenvalue weighted by molar-refractivity contribution is -0.118. The number of carbonyl (C=O) groups excluding carboxylic acids is 1. The summed E-state index contributed by atoms with van der Waals surface area (Å²) in [5, 5.41) is 3.64. The number of likely N-dealkylation sites (tertiary alicyclic amines) is 1. The Balaban J connectivity index is 1.53. The third-order valence-electron chi connectivity index (χ3n) is 7.53. The van der Waals surface area contributed by atoms with Crippen molar-refractivity contribution in [2.45, 2.75) is 39.0 Å². The van der Waals surface area contributed by atoms with Crippen molar-refractivity contribution in [1.82, 2.24) is 14.9 Å². The van der Waals surface area contributed by atoms with E-state index >= 15 is 4.39 Å². The topological polar surface area (TPSA) is 70.6 Å². The van der Waals surface area contributed by atoms with Crippen LogP contribution in [0.25, 0.3) is 10.9 Å². The van der Waals surface area contributed by atoms with Gasteiger partial charge >= 0.3 is 0 Å². The first-order valence-corrected chi connectivity index (χ1v) is 12.4. The number of methoxy groups -OCH3 is 1. The van der Waals surface area contributed by atoms with Gasteiger partial charge in [0, 0.05) is 30.0 Å². The van der Waals surface area contributed by atoms with Crippen molar-refractivity contribution >= 4 is 34.0 Å². The van der Waals surface area contributed by atoms with Crippen molar-refractivity contribution in [1.29, 1.82) is 0 Å². The third kappa shape index (κ3) is 4.36. The van der Waals surface area contributed by atoms with Gasteiger partial charge in [-0.2, -0.15) is 0 Å². The van der Waals surface area contributed by atoms with Crippen LogP contribution in [0.15, 0.2) is 30.6 Å². The summed E-state index contributed by atoms with van der Waals surface area (Å²) in [5.74, 6) is -0.204. The Bertz CT molecular complexity index is 1310. The molecular weight excluding hydrogens is 464 g/mol. The predicted octanol–water partition coefficient (Wildman–Crippen LogP) is 5.06. The molecule has 0 aliphatic carbocycles. The van der Waals surface area contributed by atoms with Crippen LogP contribution in [0.4, 0.5) is 26.0 Å². The molecule has 2 aliphatic rings. The number of hydrogen-bond donors (Lipinski definition) is 1. The zero-order chi connectivity index (χ0) is 25.4. The normalized spacial score (nSPS) is 17.8. The molecule has 1 aromatic heterocycles. The van der Waals surface area contributed by atoms with Crippen LogP contribution in [0.2, 0.25) is 0 Å². The molecule has 3 aromatic rings. The van der Waals surface area contributed by atoms with Gasteiger partial charge in [0.1, 0.15) is 23.7 Å². The Hall–Kier alpha value is -3.33. The van der Waals surface area contributed by atoms with E-state index in [0.717, 1.165) is 25.9 Å². The number of aromatic nitrogens is 2. The average molecular weight is 496 g/mol. The number of amides is 1. The molecule has 2 aromatic carbocycles. The number of rotatable bonds is 6. The van der Waals surface area contributed by atoms with Gasteiger partial charge in [-0.1, -0.05) is 13.3 Å². The summed E-state index contributed by atoms with van der Waals surface area (Å²) in [6, 6.07) is 6.24. The highest BCUT2D eigenvalue weighted by Gasteiger charge is 2.45. The molecule has 2 fully saturated rings. The van der Waals surface area contributed by atoms with Crippen LogP contribution in [0.1, 0.15) is 38.2 Å². The van der Waals surface area contributed by atoms with Gasteiger partial charge in [0.25, 0.3) is 0 Å². The van der Waals surface area contributed by atoms with Gasteiger partial charge < -0.3 is 19.9 Å². The first kappa shape index (κ1) is 24.4. The van der Waals surface area contributed by atoms with E-state index < -0.39 is 11.6 Å². The van der Waals surface area contributed by atoms with E-state index in [2.05, 4.69) is 27.2 Å². The minimum Gasteiger partial charge on any atom is -0.494 e. The molecular formula is C27H31F2N5O2. The molecule has 2 saturated heterocycles. The number of benzene rings is 2. The summed E-state index contributed by atoms with van der Waals surface area (Å²) in [6.07, 6.45) is 4.77. The van der Waals surface area contributed by atoms with Crippen molar-refractivity contribution in [2.75, 3.05) is 44.0 Å². The van der Waals surface area contributed by atoms with Crippen molar-refractivity contribution in [3.8, 4) is 5.75 Å². The fraction of sp³-hybridized carbons (Fsp3) is 0.444. The second kappa shape index (κ2) is 9.61. The van der Waals surface area contributed by atoms with Crippen LogP contribution in [0.3, 0.4) is 0 Å². The Kier molecular flexibility index (Phi) is 6.51. The fourth-order valence-electron chi connectivity index (χ4n) is 5.39. The molecule has 9 heteroatoms. The minimum atomic E-state index is -0.628. The smallest absolute Gasteiger partial charge is 0.227 e. The first-order valence-electron chi connectivity index (χ1n) is 12.4. The Morgan fingerprint density at radius 3 is 2.67 bits per heavy atom. The Morgan fingerprint density at radius 1 is 1.17 bits per heavy atom. The summed E-state index contributed by atoms with van der Waals surface area (Å²) in [4.78, 5) is 26.0. The summed E-state index contributed by atoms with van der Waals surface area (Å²) in [7, 11) is 3.68. The summed E-state index contributed by atoms with van der Waals surface area (Å²) < 4.78 is 34.9. The minimum absolute atomic E-state index is 0.0370. The molecule has 190 valence electrons. The van der Waals surface area contributed by atoms with E-state index in [1.54, 1.807) is 18.1 Å². The summed E-state index contributed by atoms with van der Waals surface area (Å²) >= 11 is 0. The van der Waals surface area contributed by atoms with E-state index in [1.807, 2.05) is 13.0 Å². The molecule has 36 heavy (non-hydrogen) atoms. The number of ether oxygens (including phenoxy) is 1. The lowest BCUT2D eigenvalue weighted by Gasteiger charge is -2.37. The number of hydrogen-bond acceptors (Lipinski definition) is 6. The van der Waals surface area contributed by atoms with Crippen molar-refractivity contribution < 1.29 is 18.3 Å². The summed E-state index contributed by atoms with van der Waals surface area (Å²) in [6.45, 7) is 4.45. The molecule has 0 bridgehead atoms. The average Bonchev–Trinajstić information content (AvgIpc) is 3.20. The molecule has 7 nitrogen and oxygen atoms in total. The zero-order valence-electron chi connectivity index (χ0n) is 20.9. The number of fused-ring (bicyclic) bond motifs is 1. The van der Waals surface area contributed by atoms with E-state index in [0.29, 0.717) is 54.0 Å². The third-order valence-corrected chi connectivity index (χ3v) is 7.53. The quantitative estimate of drug-likeness (QED) is 0.516. The molecule has 2 aliphatic heterocycles. The van der Waals surface area contributed by atoms with Crippen LogP contribution in [0, 0.1) is 17.0 Å². The number of halogens is 2. The van der Waals surface area contributed by atoms with Gasteiger partial charge in [-0.25, -0.2) is 18.7 Å². The Labute approximate surface area is 209 Å². The largest absolute Gasteiger partial charge is 0.494 e. The van der Waals surface area contributed by atoms with Gasteiger partial charge in [-0.05, 0) is 63.0 Å². The van der Waals surface area contributed by atoms with Crippen LogP contribution in [-0.2, 0) is 11.2 Å². The number of nitrogens with zero attached hydrogens (tertiary/aromatic N) is 4. The van der Waals surface area contributed by atoms with Crippen molar-refractivity contribution in [3.05, 3.63) is 47.8 Å². The highest BCUT2D eigenvalue weighted by molar-refractivity contribution is 6.02.